The first-order valence-electron chi connectivity index (χ1n) is 21.7. The number of aromatic nitrogens is 5. The lowest BCUT2D eigenvalue weighted by Crippen LogP contribution is -2.03. The average molecular weight is 832 g/mol. The van der Waals surface area contributed by atoms with Gasteiger partial charge in [0.05, 0.1) is 44.3 Å². The highest BCUT2D eigenvalue weighted by Crippen LogP contribution is 2.48. The Hall–Kier alpha value is -8.32. The summed E-state index contributed by atoms with van der Waals surface area (Å²) in [5.41, 5.74) is 13.7. The number of benzene rings is 9. The van der Waals surface area contributed by atoms with Crippen molar-refractivity contribution in [1.29, 1.82) is 0 Å². The van der Waals surface area contributed by atoms with Gasteiger partial charge in [-0.2, -0.15) is 0 Å². The van der Waals surface area contributed by atoms with E-state index in [0.29, 0.717) is 5.95 Å². The van der Waals surface area contributed by atoms with Crippen LogP contribution in [0.3, 0.4) is 0 Å². The third-order valence-electron chi connectivity index (χ3n) is 13.6. The minimum Gasteiger partial charge on any atom is -0.309 e. The number of hydrogen-bond acceptors (Lipinski definition) is 3. The molecule has 6 heteroatoms. The second-order valence-electron chi connectivity index (χ2n) is 16.9. The highest BCUT2D eigenvalue weighted by atomic mass is 32.1. The summed E-state index contributed by atoms with van der Waals surface area (Å²) in [6.45, 7) is 0. The average Bonchev–Trinajstić information content (AvgIpc) is 4.15. The van der Waals surface area contributed by atoms with Gasteiger partial charge in [-0.1, -0.05) is 146 Å². The van der Waals surface area contributed by atoms with Gasteiger partial charge in [0, 0.05) is 69.8 Å². The first-order valence-corrected chi connectivity index (χ1v) is 22.6. The van der Waals surface area contributed by atoms with Crippen molar-refractivity contribution < 1.29 is 0 Å². The maximum Gasteiger partial charge on any atom is 0.236 e. The first-order chi connectivity index (χ1) is 31.8. The molecule has 15 rings (SSSR count). The second-order valence-corrected chi connectivity index (χ2v) is 17.9. The normalized spacial score (nSPS) is 12.4. The van der Waals surface area contributed by atoms with Crippen LogP contribution in [0.4, 0.5) is 0 Å². The molecule has 0 saturated heterocycles. The Balaban J connectivity index is 1.07. The predicted octanol–water partition coefficient (Wildman–Crippen LogP) is 15.5. The van der Waals surface area contributed by atoms with Crippen molar-refractivity contribution in [3.05, 3.63) is 200 Å². The van der Waals surface area contributed by atoms with Crippen molar-refractivity contribution in [2.75, 3.05) is 0 Å². The Labute approximate surface area is 369 Å². The molecule has 0 aliphatic carbocycles. The van der Waals surface area contributed by atoms with Crippen molar-refractivity contribution in [2.45, 2.75) is 0 Å². The quantitative estimate of drug-likeness (QED) is 0.177. The molecule has 5 nitrogen and oxygen atoms in total. The van der Waals surface area contributed by atoms with Crippen LogP contribution < -0.4 is 0 Å². The first kappa shape index (κ1) is 34.3. The van der Waals surface area contributed by atoms with Crippen LogP contribution in [0, 0.1) is 0 Å². The van der Waals surface area contributed by atoms with Gasteiger partial charge in [0.25, 0.3) is 0 Å². The summed E-state index contributed by atoms with van der Waals surface area (Å²) in [4.78, 5) is 12.3. The van der Waals surface area contributed by atoms with E-state index in [4.69, 9.17) is 9.97 Å². The number of thiophene rings is 1. The van der Waals surface area contributed by atoms with E-state index in [0.717, 1.165) is 43.7 Å². The van der Waals surface area contributed by atoms with Crippen LogP contribution in [0.1, 0.15) is 0 Å². The number of nitrogens with zero attached hydrogens (tertiary/aromatic N) is 5. The molecular weight excluding hydrogens is 799 g/mol. The molecule has 6 heterocycles. The summed E-state index contributed by atoms with van der Waals surface area (Å²) in [6.07, 6.45) is 0. The topological polar surface area (TPSA) is 40.0 Å². The van der Waals surface area contributed by atoms with E-state index in [1.165, 1.54) is 86.4 Å². The summed E-state index contributed by atoms with van der Waals surface area (Å²) in [5, 5.41) is 12.0. The van der Waals surface area contributed by atoms with E-state index in [1.807, 2.05) is 0 Å². The fourth-order valence-electron chi connectivity index (χ4n) is 10.9. The molecule has 0 radical (unpaired) electrons. The summed E-state index contributed by atoms with van der Waals surface area (Å²) >= 11 is 1.74. The third-order valence-corrected chi connectivity index (χ3v) is 14.7. The van der Waals surface area contributed by atoms with Crippen LogP contribution in [-0.4, -0.2) is 23.5 Å². The van der Waals surface area contributed by atoms with Gasteiger partial charge in [-0.3, -0.25) is 4.57 Å². The zero-order valence-electron chi connectivity index (χ0n) is 34.2. The molecule has 0 amide bonds. The molecule has 0 aliphatic rings. The van der Waals surface area contributed by atoms with Crippen molar-refractivity contribution in [3.8, 4) is 34.0 Å². The zero-order chi connectivity index (χ0) is 41.6. The van der Waals surface area contributed by atoms with Gasteiger partial charge in [0.15, 0.2) is 0 Å². The minimum absolute atomic E-state index is 0.665. The predicted molar refractivity (Wildman–Crippen MR) is 269 cm³/mol. The molecule has 9 aromatic carbocycles. The van der Waals surface area contributed by atoms with Crippen LogP contribution in [0.2, 0.25) is 0 Å². The molecular formula is C58H33N5S. The van der Waals surface area contributed by atoms with Crippen LogP contribution in [0.5, 0.6) is 0 Å². The molecule has 15 aromatic rings. The Bertz CT molecular complexity index is 4420. The molecule has 0 fully saturated rings. The van der Waals surface area contributed by atoms with E-state index in [2.05, 4.69) is 214 Å². The van der Waals surface area contributed by atoms with E-state index in [-0.39, 0.29) is 0 Å². The zero-order valence-corrected chi connectivity index (χ0v) is 35.0. The van der Waals surface area contributed by atoms with Crippen molar-refractivity contribution >= 4 is 113 Å². The summed E-state index contributed by atoms with van der Waals surface area (Å²) in [5.74, 6) is 0.665. The standard InChI is InChI=1S/C58H33N5S/c1-3-15-34(16-4-1)35-27-29-41-45-33-44-39-20-8-12-24-47(39)63(56(44)53-42-21-9-13-25-48(42)62(55(45)53)50(41)31-35)58-59-54(52-43-22-10-14-26-51(43)64-57(52)60-58)36-28-30-40-38-19-7-11-23-46(38)61(49(40)32-36)37-17-5-2-6-18-37/h1-33H. The molecule has 0 unspecified atom stereocenters. The maximum absolute atomic E-state index is 5.76. The van der Waals surface area contributed by atoms with Crippen molar-refractivity contribution in [3.63, 3.8) is 0 Å². The Morgan fingerprint density at radius 2 is 0.922 bits per heavy atom. The highest BCUT2D eigenvalue weighted by molar-refractivity contribution is 7.25. The highest BCUT2D eigenvalue weighted by Gasteiger charge is 2.27. The smallest absolute Gasteiger partial charge is 0.236 e. The second kappa shape index (κ2) is 12.6. The van der Waals surface area contributed by atoms with Gasteiger partial charge in [-0.25, -0.2) is 9.97 Å². The summed E-state index contributed by atoms with van der Waals surface area (Å²) < 4.78 is 8.43. The van der Waals surface area contributed by atoms with Crippen LogP contribution in [0.25, 0.3) is 136 Å². The lowest BCUT2D eigenvalue weighted by atomic mass is 10.0. The van der Waals surface area contributed by atoms with Crippen LogP contribution in [0.15, 0.2) is 200 Å². The molecule has 0 atom stereocenters. The molecule has 0 bridgehead atoms. The summed E-state index contributed by atoms with van der Waals surface area (Å²) in [6, 6.07) is 72.7. The van der Waals surface area contributed by atoms with Gasteiger partial charge < -0.3 is 8.97 Å². The lowest BCUT2D eigenvalue weighted by molar-refractivity contribution is 1.02. The Morgan fingerprint density at radius 3 is 1.72 bits per heavy atom. The fourth-order valence-corrected chi connectivity index (χ4v) is 12.0. The van der Waals surface area contributed by atoms with E-state index < -0.39 is 0 Å². The van der Waals surface area contributed by atoms with E-state index in [1.54, 1.807) is 11.3 Å². The number of rotatable bonds is 4. The van der Waals surface area contributed by atoms with Crippen molar-refractivity contribution in [1.82, 2.24) is 23.5 Å². The Kier molecular flexibility index (Phi) is 6.77. The number of hydrogen-bond donors (Lipinski definition) is 0. The van der Waals surface area contributed by atoms with Crippen LogP contribution >= 0.6 is 11.3 Å². The van der Waals surface area contributed by atoms with Gasteiger partial charge in [0.2, 0.25) is 5.95 Å². The molecule has 6 aromatic heterocycles. The van der Waals surface area contributed by atoms with Gasteiger partial charge in [-0.05, 0) is 65.7 Å². The van der Waals surface area contributed by atoms with E-state index in [9.17, 15) is 0 Å². The van der Waals surface area contributed by atoms with Crippen molar-refractivity contribution in [2.24, 2.45) is 0 Å². The molecule has 0 spiro atoms. The lowest BCUT2D eigenvalue weighted by Gasteiger charge is -2.12. The van der Waals surface area contributed by atoms with Gasteiger partial charge in [-0.15, -0.1) is 11.3 Å². The fraction of sp³-hybridized carbons (Fsp3) is 0. The van der Waals surface area contributed by atoms with Crippen LogP contribution in [-0.2, 0) is 0 Å². The monoisotopic (exact) mass is 831 g/mol. The molecule has 0 saturated carbocycles. The molecule has 0 aliphatic heterocycles. The maximum atomic E-state index is 5.76. The molecule has 0 N–H and O–H groups in total. The third kappa shape index (κ3) is 4.51. The Morgan fingerprint density at radius 1 is 0.344 bits per heavy atom. The summed E-state index contributed by atoms with van der Waals surface area (Å²) in [7, 11) is 0. The SMILES string of the molecule is c1ccc(-c2ccc3c4cc5c6ccccc6n(-c6nc(-c7ccc8c9ccccc9n(-c9ccccc9)c8c7)c7c(n6)sc6ccccc67)c5c5c6ccccc6n(c3c2)c45)cc1. The largest absolute Gasteiger partial charge is 0.309 e. The number of para-hydroxylation sites is 4. The minimum atomic E-state index is 0.665. The molecule has 64 heavy (non-hydrogen) atoms. The molecule has 296 valence electrons. The van der Waals surface area contributed by atoms with Gasteiger partial charge >= 0.3 is 0 Å². The van der Waals surface area contributed by atoms with E-state index >= 15 is 0 Å². The van der Waals surface area contributed by atoms with Gasteiger partial charge in [0.1, 0.15) is 4.83 Å². The number of fused-ring (bicyclic) bond motifs is 16.